The average Bonchev–Trinajstić information content (AvgIpc) is 2.69. The fraction of sp³-hybridized carbons (Fsp3) is 0.636. The minimum atomic E-state index is 0. The van der Waals surface area contributed by atoms with Crippen molar-refractivity contribution in [1.29, 1.82) is 0 Å². The molecule has 1 aliphatic rings. The van der Waals surface area contributed by atoms with Crippen LogP contribution >= 0.6 is 24.0 Å². The summed E-state index contributed by atoms with van der Waals surface area (Å²) < 4.78 is 5.50. The number of carbonyl (C=O) groups is 1. The SMILES string of the molecule is CCNC(=NCCCN1C(=O)COc2ccccc21)NCCN(C(C)C)C(C)C.I. The standard InChI is InChI=1S/C22H37N5O2.HI/c1-6-23-22(25-13-15-26(17(2)3)18(4)5)24-12-9-14-27-19-10-7-8-11-20(19)29-16-21(27)28;/h7-8,10-11,17-18H,6,9,12-16H2,1-5H3,(H2,23,24,25);1H. The molecular weight excluding hydrogens is 493 g/mol. The van der Waals surface area contributed by atoms with E-state index in [0.717, 1.165) is 43.5 Å². The van der Waals surface area contributed by atoms with Gasteiger partial charge in [0.15, 0.2) is 12.6 Å². The summed E-state index contributed by atoms with van der Waals surface area (Å²) in [4.78, 5) is 21.2. The van der Waals surface area contributed by atoms with Crippen LogP contribution < -0.4 is 20.3 Å². The number of carbonyl (C=O) groups excluding carboxylic acids is 1. The highest BCUT2D eigenvalue weighted by Gasteiger charge is 2.24. The third-order valence-electron chi connectivity index (χ3n) is 4.95. The molecule has 0 aliphatic carbocycles. The predicted octanol–water partition coefficient (Wildman–Crippen LogP) is 3.09. The van der Waals surface area contributed by atoms with Crippen LogP contribution in [0.3, 0.4) is 0 Å². The molecule has 0 bridgehead atoms. The number of para-hydroxylation sites is 2. The zero-order valence-corrected chi connectivity index (χ0v) is 21.3. The Morgan fingerprint density at radius 3 is 2.57 bits per heavy atom. The van der Waals surface area contributed by atoms with Gasteiger partial charge in [-0.3, -0.25) is 14.7 Å². The molecule has 0 saturated carbocycles. The molecular formula is C22H38IN5O2. The van der Waals surface area contributed by atoms with Crippen LogP contribution in [0.5, 0.6) is 5.75 Å². The van der Waals surface area contributed by atoms with Gasteiger partial charge >= 0.3 is 0 Å². The van der Waals surface area contributed by atoms with E-state index in [-0.39, 0.29) is 36.5 Å². The molecule has 0 fully saturated rings. The minimum absolute atomic E-state index is 0. The second-order valence-corrected chi connectivity index (χ2v) is 7.77. The fourth-order valence-electron chi connectivity index (χ4n) is 3.58. The number of aliphatic imine (C=N–C) groups is 1. The number of benzene rings is 1. The summed E-state index contributed by atoms with van der Waals surface area (Å²) in [6.45, 7) is 15.0. The second kappa shape index (κ2) is 13.7. The molecule has 2 N–H and O–H groups in total. The Morgan fingerprint density at radius 1 is 1.20 bits per heavy atom. The molecule has 7 nitrogen and oxygen atoms in total. The van der Waals surface area contributed by atoms with Gasteiger partial charge in [-0.1, -0.05) is 12.1 Å². The maximum atomic E-state index is 12.2. The van der Waals surface area contributed by atoms with Gasteiger partial charge < -0.3 is 20.3 Å². The Labute approximate surface area is 198 Å². The Hall–Kier alpha value is -1.55. The second-order valence-electron chi connectivity index (χ2n) is 7.77. The van der Waals surface area contributed by atoms with Gasteiger partial charge in [-0.25, -0.2) is 0 Å². The van der Waals surface area contributed by atoms with Crippen molar-refractivity contribution in [2.45, 2.75) is 53.1 Å². The number of halogens is 1. The van der Waals surface area contributed by atoms with Crippen molar-refractivity contribution in [2.24, 2.45) is 4.99 Å². The summed E-state index contributed by atoms with van der Waals surface area (Å²) in [6, 6.07) is 8.71. The summed E-state index contributed by atoms with van der Waals surface area (Å²) in [5.74, 6) is 1.60. The Kier molecular flexibility index (Phi) is 12.1. The van der Waals surface area contributed by atoms with Crippen LogP contribution in [0, 0.1) is 0 Å². The van der Waals surface area contributed by atoms with Crippen LogP contribution in [0.15, 0.2) is 29.3 Å². The van der Waals surface area contributed by atoms with E-state index in [9.17, 15) is 4.79 Å². The Morgan fingerprint density at radius 2 is 1.90 bits per heavy atom. The van der Waals surface area contributed by atoms with E-state index >= 15 is 0 Å². The molecule has 1 aliphatic heterocycles. The van der Waals surface area contributed by atoms with Gasteiger partial charge in [-0.15, -0.1) is 24.0 Å². The third kappa shape index (κ3) is 7.94. The number of ether oxygens (including phenoxy) is 1. The van der Waals surface area contributed by atoms with Crippen LogP contribution in [0.25, 0.3) is 0 Å². The zero-order chi connectivity index (χ0) is 21.2. The van der Waals surface area contributed by atoms with Crippen molar-refractivity contribution >= 4 is 41.5 Å². The predicted molar refractivity (Wildman–Crippen MR) is 135 cm³/mol. The Balaban J connectivity index is 0.00000450. The van der Waals surface area contributed by atoms with E-state index in [0.29, 0.717) is 25.2 Å². The molecule has 30 heavy (non-hydrogen) atoms. The highest BCUT2D eigenvalue weighted by Crippen LogP contribution is 2.31. The van der Waals surface area contributed by atoms with E-state index in [1.165, 1.54) is 0 Å². The monoisotopic (exact) mass is 531 g/mol. The van der Waals surface area contributed by atoms with Crippen molar-refractivity contribution in [2.75, 3.05) is 44.2 Å². The number of fused-ring (bicyclic) bond motifs is 1. The number of rotatable bonds is 10. The Bertz CT molecular complexity index is 673. The molecule has 8 heteroatoms. The summed E-state index contributed by atoms with van der Waals surface area (Å²) >= 11 is 0. The van der Waals surface area contributed by atoms with Crippen molar-refractivity contribution in [3.05, 3.63) is 24.3 Å². The van der Waals surface area contributed by atoms with Crippen molar-refractivity contribution in [1.82, 2.24) is 15.5 Å². The molecule has 1 heterocycles. The van der Waals surface area contributed by atoms with E-state index < -0.39 is 0 Å². The minimum Gasteiger partial charge on any atom is -0.482 e. The third-order valence-corrected chi connectivity index (χ3v) is 4.95. The lowest BCUT2D eigenvalue weighted by Gasteiger charge is -2.30. The lowest BCUT2D eigenvalue weighted by atomic mass is 10.2. The van der Waals surface area contributed by atoms with Crippen LogP contribution in [-0.2, 0) is 4.79 Å². The summed E-state index contributed by atoms with van der Waals surface area (Å²) in [5.41, 5.74) is 0.847. The quantitative estimate of drug-likeness (QED) is 0.210. The van der Waals surface area contributed by atoms with Gasteiger partial charge in [-0.05, 0) is 53.2 Å². The maximum Gasteiger partial charge on any atom is 0.265 e. The van der Waals surface area contributed by atoms with Crippen LogP contribution in [-0.4, -0.2) is 68.2 Å². The molecule has 0 atom stereocenters. The molecule has 0 aromatic heterocycles. The first-order valence-electron chi connectivity index (χ1n) is 10.7. The van der Waals surface area contributed by atoms with E-state index in [1.807, 2.05) is 24.3 Å². The number of guanidine groups is 1. The summed E-state index contributed by atoms with van der Waals surface area (Å²) in [6.07, 6.45) is 0.792. The van der Waals surface area contributed by atoms with Gasteiger partial charge in [0.2, 0.25) is 0 Å². The van der Waals surface area contributed by atoms with Crippen molar-refractivity contribution in [3.63, 3.8) is 0 Å². The lowest BCUT2D eigenvalue weighted by Crippen LogP contribution is -2.45. The van der Waals surface area contributed by atoms with Gasteiger partial charge in [0.05, 0.1) is 5.69 Å². The smallest absolute Gasteiger partial charge is 0.265 e. The van der Waals surface area contributed by atoms with E-state index in [2.05, 4.69) is 55.1 Å². The first kappa shape index (κ1) is 26.5. The molecule has 1 aromatic rings. The lowest BCUT2D eigenvalue weighted by molar-refractivity contribution is -0.121. The van der Waals surface area contributed by atoms with E-state index in [1.54, 1.807) is 4.90 Å². The molecule has 0 spiro atoms. The number of hydrogen-bond donors (Lipinski definition) is 2. The first-order chi connectivity index (χ1) is 13.9. The molecule has 0 radical (unpaired) electrons. The highest BCUT2D eigenvalue weighted by atomic mass is 127. The zero-order valence-electron chi connectivity index (χ0n) is 19.0. The fourth-order valence-corrected chi connectivity index (χ4v) is 3.58. The van der Waals surface area contributed by atoms with Gasteiger partial charge in [0.25, 0.3) is 5.91 Å². The van der Waals surface area contributed by atoms with Crippen molar-refractivity contribution in [3.8, 4) is 5.75 Å². The molecule has 2 rings (SSSR count). The van der Waals surface area contributed by atoms with Crippen LogP contribution in [0.1, 0.15) is 41.0 Å². The molecule has 1 aromatic carbocycles. The van der Waals surface area contributed by atoms with Gasteiger partial charge in [0, 0.05) is 44.8 Å². The summed E-state index contributed by atoms with van der Waals surface area (Å²) in [7, 11) is 0. The molecule has 1 amide bonds. The summed E-state index contributed by atoms with van der Waals surface area (Å²) in [5, 5.41) is 6.72. The molecule has 170 valence electrons. The highest BCUT2D eigenvalue weighted by molar-refractivity contribution is 14.0. The largest absolute Gasteiger partial charge is 0.482 e. The number of hydrogen-bond acceptors (Lipinski definition) is 4. The number of nitrogens with zero attached hydrogens (tertiary/aromatic N) is 3. The molecule has 0 unspecified atom stereocenters. The first-order valence-corrected chi connectivity index (χ1v) is 10.7. The average molecular weight is 531 g/mol. The van der Waals surface area contributed by atoms with Crippen LogP contribution in [0.2, 0.25) is 0 Å². The topological polar surface area (TPSA) is 69.2 Å². The van der Waals surface area contributed by atoms with Gasteiger partial charge in [0.1, 0.15) is 5.75 Å². The van der Waals surface area contributed by atoms with Crippen LogP contribution in [0.4, 0.5) is 5.69 Å². The van der Waals surface area contributed by atoms with Gasteiger partial charge in [-0.2, -0.15) is 0 Å². The normalized spacial score (nSPS) is 13.9. The number of anilines is 1. The molecule has 0 saturated heterocycles. The number of nitrogens with one attached hydrogen (secondary N) is 2. The van der Waals surface area contributed by atoms with Crippen molar-refractivity contribution < 1.29 is 9.53 Å². The number of amides is 1. The van der Waals surface area contributed by atoms with E-state index in [4.69, 9.17) is 4.74 Å². The maximum absolute atomic E-state index is 12.2.